The highest BCUT2D eigenvalue weighted by molar-refractivity contribution is 8.00. The molecule has 3 heterocycles. The van der Waals surface area contributed by atoms with Gasteiger partial charge in [0, 0.05) is 28.9 Å². The maximum Gasteiger partial charge on any atom is 0.245 e. The van der Waals surface area contributed by atoms with E-state index in [0.717, 1.165) is 4.34 Å². The van der Waals surface area contributed by atoms with E-state index in [1.54, 1.807) is 29.2 Å². The predicted molar refractivity (Wildman–Crippen MR) is 114 cm³/mol. The number of nitrogens with zero attached hydrogens (tertiary/aromatic N) is 4. The van der Waals surface area contributed by atoms with Gasteiger partial charge < -0.3 is 11.1 Å². The normalized spacial score (nSPS) is 22.9. The van der Waals surface area contributed by atoms with E-state index in [-0.39, 0.29) is 17.2 Å². The standard InChI is InChI=1S/C20H16N6O2S2/c1-29-19-25-24-18(30-19)26-13-7-4-8-14(27)15(13)20(11(9-21)16(26)22)10-5-2-3-6-12(10)23-17(20)28/h2-3,5-6H,4,7-8,22H2,1H3,(H,23,28)/t20-/m0/s1. The second kappa shape index (κ2) is 6.68. The Balaban J connectivity index is 1.86. The minimum Gasteiger partial charge on any atom is -0.384 e. The lowest BCUT2D eigenvalue weighted by molar-refractivity contribution is -0.122. The van der Waals surface area contributed by atoms with Gasteiger partial charge in [-0.3, -0.25) is 14.5 Å². The van der Waals surface area contributed by atoms with Crippen molar-refractivity contribution in [1.82, 2.24) is 10.2 Å². The van der Waals surface area contributed by atoms with Gasteiger partial charge in [0.1, 0.15) is 17.3 Å². The van der Waals surface area contributed by atoms with Crippen molar-refractivity contribution in [3.8, 4) is 6.07 Å². The molecule has 150 valence electrons. The molecule has 2 aromatic rings. The topological polar surface area (TPSA) is 125 Å². The van der Waals surface area contributed by atoms with E-state index in [0.29, 0.717) is 46.9 Å². The number of thioether (sulfide) groups is 1. The summed E-state index contributed by atoms with van der Waals surface area (Å²) in [4.78, 5) is 28.3. The van der Waals surface area contributed by atoms with Crippen LogP contribution in [-0.4, -0.2) is 28.1 Å². The van der Waals surface area contributed by atoms with Crippen molar-refractivity contribution < 1.29 is 9.59 Å². The second-order valence-corrected chi connectivity index (χ2v) is 9.12. The molecule has 1 aromatic carbocycles. The van der Waals surface area contributed by atoms with Crippen LogP contribution in [0.5, 0.6) is 0 Å². The molecular formula is C20H16N6O2S2. The van der Waals surface area contributed by atoms with Gasteiger partial charge in [0.05, 0.1) is 5.57 Å². The molecule has 0 radical (unpaired) electrons. The van der Waals surface area contributed by atoms with Crippen LogP contribution in [0.4, 0.5) is 10.8 Å². The molecule has 1 spiro atoms. The highest BCUT2D eigenvalue weighted by atomic mass is 32.2. The molecule has 0 unspecified atom stereocenters. The van der Waals surface area contributed by atoms with Crippen molar-refractivity contribution in [2.75, 3.05) is 16.5 Å². The number of ketones is 1. The van der Waals surface area contributed by atoms with Crippen LogP contribution in [0, 0.1) is 11.3 Å². The molecule has 3 N–H and O–H groups in total. The molecule has 30 heavy (non-hydrogen) atoms. The number of hydrogen-bond acceptors (Lipinski definition) is 9. The Morgan fingerprint density at radius 1 is 1.30 bits per heavy atom. The van der Waals surface area contributed by atoms with Crippen molar-refractivity contribution in [3.63, 3.8) is 0 Å². The SMILES string of the molecule is CSc1nnc(N2C(N)=C(C#N)[C@]3(C(=O)Nc4ccccc43)C3=C2CCCC3=O)s1. The molecule has 10 heteroatoms. The third-order valence-electron chi connectivity index (χ3n) is 5.70. The lowest BCUT2D eigenvalue weighted by atomic mass is 9.64. The number of hydrogen-bond donors (Lipinski definition) is 2. The summed E-state index contributed by atoms with van der Waals surface area (Å²) in [6.07, 6.45) is 3.39. The summed E-state index contributed by atoms with van der Waals surface area (Å²) in [6, 6.07) is 9.28. The highest BCUT2D eigenvalue weighted by Crippen LogP contribution is 2.55. The predicted octanol–water partition coefficient (Wildman–Crippen LogP) is 2.67. The van der Waals surface area contributed by atoms with Crippen molar-refractivity contribution in [2.45, 2.75) is 29.0 Å². The van der Waals surface area contributed by atoms with Gasteiger partial charge in [0.25, 0.3) is 0 Å². The molecule has 5 rings (SSSR count). The van der Waals surface area contributed by atoms with E-state index >= 15 is 0 Å². The number of aromatic nitrogens is 2. The number of fused-ring (bicyclic) bond motifs is 3. The second-order valence-electron chi connectivity index (χ2n) is 7.11. The Bertz CT molecular complexity index is 1220. The minimum absolute atomic E-state index is 0.0415. The smallest absolute Gasteiger partial charge is 0.245 e. The number of nitrogens with one attached hydrogen (secondary N) is 1. The zero-order valence-electron chi connectivity index (χ0n) is 15.9. The number of benzene rings is 1. The molecule has 0 fully saturated rings. The van der Waals surface area contributed by atoms with Gasteiger partial charge in [0.15, 0.2) is 10.1 Å². The first kappa shape index (κ1) is 18.8. The summed E-state index contributed by atoms with van der Waals surface area (Å²) in [6.45, 7) is 0. The monoisotopic (exact) mass is 436 g/mol. The molecule has 2 aliphatic heterocycles. The van der Waals surface area contributed by atoms with Crippen molar-refractivity contribution >= 4 is 45.6 Å². The number of nitriles is 1. The molecule has 3 aliphatic rings. The first-order valence-corrected chi connectivity index (χ1v) is 11.3. The lowest BCUT2D eigenvalue weighted by Crippen LogP contribution is -2.50. The number of anilines is 2. The van der Waals surface area contributed by atoms with Gasteiger partial charge in [-0.2, -0.15) is 5.26 Å². The van der Waals surface area contributed by atoms with E-state index in [1.807, 2.05) is 6.26 Å². The van der Waals surface area contributed by atoms with Gasteiger partial charge in [-0.25, -0.2) is 0 Å². The first-order chi connectivity index (χ1) is 14.5. The van der Waals surface area contributed by atoms with Crippen molar-refractivity contribution in [1.29, 1.82) is 5.26 Å². The average Bonchev–Trinajstić information content (AvgIpc) is 3.32. The largest absolute Gasteiger partial charge is 0.384 e. The lowest BCUT2D eigenvalue weighted by Gasteiger charge is -2.42. The minimum atomic E-state index is -1.54. The first-order valence-electron chi connectivity index (χ1n) is 9.29. The van der Waals surface area contributed by atoms with Crippen LogP contribution in [0.2, 0.25) is 0 Å². The molecule has 1 aliphatic carbocycles. The van der Waals surface area contributed by atoms with Crippen LogP contribution < -0.4 is 16.0 Å². The highest BCUT2D eigenvalue weighted by Gasteiger charge is 2.60. The van der Waals surface area contributed by atoms with Gasteiger partial charge in [-0.1, -0.05) is 41.3 Å². The summed E-state index contributed by atoms with van der Waals surface area (Å²) in [5.74, 6) is -0.461. The van der Waals surface area contributed by atoms with Gasteiger partial charge in [0.2, 0.25) is 11.0 Å². The molecule has 0 bridgehead atoms. The average molecular weight is 437 g/mol. The number of nitrogens with two attached hydrogens (primary N) is 1. The van der Waals surface area contributed by atoms with E-state index in [2.05, 4.69) is 21.6 Å². The molecule has 1 atom stereocenters. The van der Waals surface area contributed by atoms with E-state index in [9.17, 15) is 14.9 Å². The molecule has 0 saturated carbocycles. The zero-order valence-corrected chi connectivity index (χ0v) is 17.6. The van der Waals surface area contributed by atoms with E-state index in [1.165, 1.54) is 23.1 Å². The van der Waals surface area contributed by atoms with Gasteiger partial charge >= 0.3 is 0 Å². The summed E-state index contributed by atoms with van der Waals surface area (Å²) in [5, 5.41) is 21.9. The quantitative estimate of drug-likeness (QED) is 0.689. The number of para-hydroxylation sites is 1. The van der Waals surface area contributed by atoms with Crippen molar-refractivity contribution in [3.05, 3.63) is 52.5 Å². The number of allylic oxidation sites excluding steroid dienone is 1. The van der Waals surface area contributed by atoms with E-state index in [4.69, 9.17) is 5.73 Å². The Hall–Kier alpha value is -3.16. The summed E-state index contributed by atoms with van der Waals surface area (Å²) >= 11 is 2.78. The zero-order chi connectivity index (χ0) is 21.0. The maximum absolute atomic E-state index is 13.4. The van der Waals surface area contributed by atoms with Gasteiger partial charge in [-0.15, -0.1) is 10.2 Å². The van der Waals surface area contributed by atoms with Crippen LogP contribution in [0.3, 0.4) is 0 Å². The molecule has 1 amide bonds. The van der Waals surface area contributed by atoms with Crippen LogP contribution in [0.15, 0.2) is 51.3 Å². The molecule has 0 saturated heterocycles. The summed E-state index contributed by atoms with van der Waals surface area (Å²) < 4.78 is 0.741. The fourth-order valence-electron chi connectivity index (χ4n) is 4.54. The summed E-state index contributed by atoms with van der Waals surface area (Å²) in [7, 11) is 0. The number of rotatable bonds is 2. The molecule has 1 aromatic heterocycles. The third kappa shape index (κ3) is 2.27. The van der Waals surface area contributed by atoms with Crippen LogP contribution >= 0.6 is 23.1 Å². The third-order valence-corrected chi connectivity index (χ3v) is 7.58. The Kier molecular flexibility index (Phi) is 4.20. The van der Waals surface area contributed by atoms with E-state index < -0.39 is 11.3 Å². The Morgan fingerprint density at radius 3 is 2.83 bits per heavy atom. The fourth-order valence-corrected chi connectivity index (χ4v) is 5.84. The van der Waals surface area contributed by atoms with Crippen LogP contribution in [0.1, 0.15) is 24.8 Å². The number of amides is 1. The Morgan fingerprint density at radius 2 is 2.10 bits per heavy atom. The van der Waals surface area contributed by atoms with Crippen LogP contribution in [-0.2, 0) is 15.0 Å². The molecular weight excluding hydrogens is 420 g/mol. The maximum atomic E-state index is 13.4. The number of Topliss-reactive ketones (excluding diaryl/α,β-unsaturated/α-hetero) is 1. The van der Waals surface area contributed by atoms with Gasteiger partial charge in [-0.05, 0) is 25.2 Å². The van der Waals surface area contributed by atoms with Crippen molar-refractivity contribution in [2.24, 2.45) is 5.73 Å². The fraction of sp³-hybridized carbons (Fsp3) is 0.250. The van der Waals surface area contributed by atoms with Crippen LogP contribution in [0.25, 0.3) is 0 Å². The number of carbonyl (C=O) groups is 2. The Labute approximate surface area is 180 Å². The summed E-state index contributed by atoms with van der Waals surface area (Å²) in [5.41, 5.74) is 7.15. The number of carbonyl (C=O) groups excluding carboxylic acids is 2. The molecule has 8 nitrogen and oxygen atoms in total.